The molecule has 2 saturated heterocycles. The highest BCUT2D eigenvalue weighted by atomic mass is 16.6. The molecule has 2 aliphatic rings. The third kappa shape index (κ3) is 9.14. The maximum absolute atomic E-state index is 12.7. The number of nitrogens with one attached hydrogen (secondary N) is 1. The number of carboxylic acid groups (broad SMARTS) is 1. The summed E-state index contributed by atoms with van der Waals surface area (Å²) in [7, 11) is 3.83. The van der Waals surface area contributed by atoms with Gasteiger partial charge in [-0.15, -0.1) is 0 Å². The minimum Gasteiger partial charge on any atom is -0.478 e. The summed E-state index contributed by atoms with van der Waals surface area (Å²) < 4.78 is 15.0. The fourth-order valence-electron chi connectivity index (χ4n) is 7.32. The molecule has 2 aromatic carbocycles. The molecule has 6 rings (SSSR count). The summed E-state index contributed by atoms with van der Waals surface area (Å²) in [5, 5.41) is 14.3. The van der Waals surface area contributed by atoms with E-state index in [9.17, 15) is 19.5 Å². The van der Waals surface area contributed by atoms with Crippen molar-refractivity contribution >= 4 is 51.2 Å². The lowest BCUT2D eigenvalue weighted by Gasteiger charge is -2.48. The van der Waals surface area contributed by atoms with Crippen LogP contribution in [0.1, 0.15) is 97.4 Å². The minimum absolute atomic E-state index is 0. The van der Waals surface area contributed by atoms with Crippen LogP contribution in [-0.4, -0.2) is 98.7 Å². The topological polar surface area (TPSA) is 122 Å². The average Bonchev–Trinajstić information content (AvgIpc) is 3.55. The Morgan fingerprint density at radius 2 is 1.22 bits per heavy atom. The van der Waals surface area contributed by atoms with Crippen LogP contribution in [0.4, 0.5) is 16.2 Å². The van der Waals surface area contributed by atoms with Crippen LogP contribution in [0.15, 0.2) is 48.8 Å². The van der Waals surface area contributed by atoms with Crippen molar-refractivity contribution in [1.82, 2.24) is 19.4 Å². The van der Waals surface area contributed by atoms with Crippen molar-refractivity contribution in [3.8, 4) is 0 Å². The number of hydrogen-bond acceptors (Lipinski definition) is 8. The van der Waals surface area contributed by atoms with Crippen molar-refractivity contribution in [2.24, 2.45) is 14.1 Å². The quantitative estimate of drug-likeness (QED) is 0.203. The maximum atomic E-state index is 12.7. The van der Waals surface area contributed by atoms with Crippen molar-refractivity contribution in [2.75, 3.05) is 49.1 Å². The van der Waals surface area contributed by atoms with Crippen LogP contribution < -0.4 is 15.1 Å². The molecule has 54 heavy (non-hydrogen) atoms. The predicted octanol–water partition coefficient (Wildman–Crippen LogP) is 7.67. The Balaban J connectivity index is 0.000000256. The van der Waals surface area contributed by atoms with Crippen molar-refractivity contribution in [3.63, 3.8) is 0 Å². The second-order valence-electron chi connectivity index (χ2n) is 17.5. The lowest BCUT2D eigenvalue weighted by atomic mass is 9.97. The first-order valence-electron chi connectivity index (χ1n) is 18.4. The molecule has 0 aliphatic carbocycles. The van der Waals surface area contributed by atoms with Gasteiger partial charge in [-0.2, -0.15) is 0 Å². The number of esters is 1. The molecular formula is C42H62N6O6. The molecule has 0 radical (unpaired) electrons. The van der Waals surface area contributed by atoms with Crippen molar-refractivity contribution in [2.45, 2.75) is 98.9 Å². The normalized spacial score (nSPS) is 17.1. The first-order valence-corrected chi connectivity index (χ1v) is 18.4. The lowest BCUT2D eigenvalue weighted by molar-refractivity contribution is 0.00704. The van der Waals surface area contributed by atoms with Crippen LogP contribution in [0.25, 0.3) is 21.8 Å². The van der Waals surface area contributed by atoms with Gasteiger partial charge in [0.2, 0.25) is 0 Å². The number of benzene rings is 2. The van der Waals surface area contributed by atoms with Gasteiger partial charge in [0.25, 0.3) is 0 Å². The molecular weight excluding hydrogens is 684 g/mol. The molecule has 4 heterocycles. The molecule has 2 aromatic heterocycles. The first kappa shape index (κ1) is 42.0. The number of aromatic carboxylic acids is 1. The van der Waals surface area contributed by atoms with Crippen LogP contribution in [0.5, 0.6) is 0 Å². The van der Waals surface area contributed by atoms with E-state index in [4.69, 9.17) is 9.47 Å². The standard InChI is InChI=1S/C25H37N3O4.C16H21N3O2.CH4/c1-23(2,3)31-21(29)19-15-26(9)20-14-17(10-11-18(19)20)28-13-12-27(16-25(28,7)8)22(30)32-24(4,5)6;1-16(2)10-17-6-7-19(16)11-4-5-12-13(15(20)21)9-18(3)14(12)8-11;/h10-11,14-15H,12-13,16H2,1-9H3;4-5,8-9,17H,6-7,10H2,1-3H3,(H,20,21);1H4. The largest absolute Gasteiger partial charge is 0.478 e. The molecule has 2 aliphatic heterocycles. The molecule has 12 nitrogen and oxygen atoms in total. The SMILES string of the molecule is C.Cn1cc(C(=O)O)c2ccc(N3CCNCC3(C)C)cc21.Cn1cc(C(=O)OC(C)(C)C)c2ccc(N3CCN(C(=O)OC(C)(C)C)CC3(C)C)cc21. The number of aryl methyl sites for hydroxylation is 2. The Morgan fingerprint density at radius 3 is 1.70 bits per heavy atom. The van der Waals surface area contributed by atoms with E-state index in [1.54, 1.807) is 11.1 Å². The van der Waals surface area contributed by atoms with Gasteiger partial charge >= 0.3 is 18.0 Å². The summed E-state index contributed by atoms with van der Waals surface area (Å²) in [5.74, 6) is -1.20. The smallest absolute Gasteiger partial charge is 0.410 e. The van der Waals surface area contributed by atoms with Gasteiger partial charge in [0.1, 0.15) is 11.2 Å². The summed E-state index contributed by atoms with van der Waals surface area (Å²) in [6.45, 7) is 24.7. The number of ether oxygens (including phenoxy) is 2. The average molecular weight is 747 g/mol. The summed E-state index contributed by atoms with van der Waals surface area (Å²) >= 11 is 0. The first-order chi connectivity index (χ1) is 24.5. The monoisotopic (exact) mass is 746 g/mol. The Hall–Kier alpha value is -4.71. The van der Waals surface area contributed by atoms with Crippen molar-refractivity contribution < 1.29 is 29.0 Å². The second kappa shape index (κ2) is 15.2. The summed E-state index contributed by atoms with van der Waals surface area (Å²) in [6.07, 6.45) is 3.23. The van der Waals surface area contributed by atoms with Gasteiger partial charge in [-0.1, -0.05) is 7.43 Å². The molecule has 0 atom stereocenters. The maximum Gasteiger partial charge on any atom is 0.410 e. The third-order valence-electron chi connectivity index (χ3n) is 9.78. The number of piperazine rings is 2. The molecule has 1 amide bonds. The number of carbonyl (C=O) groups excluding carboxylic acids is 2. The van der Waals surface area contributed by atoms with Gasteiger partial charge in [0, 0.05) is 93.4 Å². The summed E-state index contributed by atoms with van der Waals surface area (Å²) in [4.78, 5) is 43.0. The predicted molar refractivity (Wildman–Crippen MR) is 218 cm³/mol. The van der Waals surface area contributed by atoms with E-state index in [2.05, 4.69) is 54.9 Å². The zero-order chi connectivity index (χ0) is 39.3. The highest BCUT2D eigenvalue weighted by Crippen LogP contribution is 2.34. The number of hydrogen-bond donors (Lipinski definition) is 2. The number of rotatable bonds is 4. The van der Waals surface area contributed by atoms with Crippen LogP contribution in [-0.2, 0) is 23.6 Å². The molecule has 0 unspecified atom stereocenters. The molecule has 12 heteroatoms. The Kier molecular flexibility index (Phi) is 11.8. The van der Waals surface area contributed by atoms with Crippen molar-refractivity contribution in [3.05, 3.63) is 59.9 Å². The fraction of sp³-hybridized carbons (Fsp3) is 0.548. The van der Waals surface area contributed by atoms with E-state index in [0.717, 1.165) is 52.8 Å². The minimum atomic E-state index is -0.879. The zero-order valence-corrected chi connectivity index (χ0v) is 33.6. The number of nitrogens with zero attached hydrogens (tertiary/aromatic N) is 5. The van der Waals surface area contributed by atoms with E-state index < -0.39 is 17.2 Å². The number of amides is 1. The highest BCUT2D eigenvalue weighted by molar-refractivity contribution is 6.05. The van der Waals surface area contributed by atoms with Gasteiger partial charge in [-0.3, -0.25) is 0 Å². The van der Waals surface area contributed by atoms with Gasteiger partial charge in [-0.05, 0) is 106 Å². The van der Waals surface area contributed by atoms with Gasteiger partial charge in [-0.25, -0.2) is 14.4 Å². The highest BCUT2D eigenvalue weighted by Gasteiger charge is 2.38. The zero-order valence-electron chi connectivity index (χ0n) is 33.6. The van der Waals surface area contributed by atoms with Gasteiger partial charge in [0.15, 0.2) is 0 Å². The second-order valence-corrected chi connectivity index (χ2v) is 17.5. The molecule has 2 fully saturated rings. The number of anilines is 2. The lowest BCUT2D eigenvalue weighted by Crippen LogP contribution is -2.61. The molecule has 2 N–H and O–H groups in total. The number of carboxylic acids is 1. The molecule has 4 aromatic rings. The third-order valence-corrected chi connectivity index (χ3v) is 9.78. The van der Waals surface area contributed by atoms with Crippen LogP contribution in [0.3, 0.4) is 0 Å². The Labute approximate surface area is 321 Å². The number of fused-ring (bicyclic) bond motifs is 2. The summed E-state index contributed by atoms with van der Waals surface area (Å²) in [5.41, 5.74) is 3.77. The van der Waals surface area contributed by atoms with Crippen LogP contribution >= 0.6 is 0 Å². The Bertz CT molecular complexity index is 2010. The van der Waals surface area contributed by atoms with E-state index >= 15 is 0 Å². The fourth-order valence-corrected chi connectivity index (χ4v) is 7.32. The van der Waals surface area contributed by atoms with E-state index in [1.165, 1.54) is 0 Å². The van der Waals surface area contributed by atoms with E-state index in [-0.39, 0.29) is 30.6 Å². The molecule has 0 saturated carbocycles. The van der Waals surface area contributed by atoms with E-state index in [0.29, 0.717) is 30.8 Å². The van der Waals surface area contributed by atoms with Crippen LogP contribution in [0, 0.1) is 0 Å². The van der Waals surface area contributed by atoms with Gasteiger partial charge < -0.3 is 43.7 Å². The van der Waals surface area contributed by atoms with E-state index in [1.807, 2.05) is 95.2 Å². The number of carbonyl (C=O) groups is 3. The van der Waals surface area contributed by atoms with Crippen LogP contribution in [0.2, 0.25) is 0 Å². The molecule has 296 valence electrons. The Morgan fingerprint density at radius 1 is 0.722 bits per heavy atom. The summed E-state index contributed by atoms with van der Waals surface area (Å²) in [6, 6.07) is 12.2. The molecule has 0 bridgehead atoms. The molecule has 0 spiro atoms. The van der Waals surface area contributed by atoms with Crippen molar-refractivity contribution in [1.29, 1.82) is 0 Å². The van der Waals surface area contributed by atoms with Gasteiger partial charge in [0.05, 0.1) is 27.7 Å². The number of aromatic nitrogens is 2.